The Morgan fingerprint density at radius 2 is 1.60 bits per heavy atom. The molecule has 2 aromatic carbocycles. The Hall–Kier alpha value is -3.29. The Labute approximate surface area is 176 Å². The summed E-state index contributed by atoms with van der Waals surface area (Å²) in [7, 11) is 0. The Morgan fingerprint density at radius 3 is 2.27 bits per heavy atom. The molecule has 0 saturated carbocycles. The number of benzene rings is 2. The third-order valence-corrected chi connectivity index (χ3v) is 5.94. The lowest BCUT2D eigenvalue weighted by atomic mass is 10.1. The Balaban J connectivity index is 1.21. The Morgan fingerprint density at radius 1 is 0.933 bits per heavy atom. The van der Waals surface area contributed by atoms with Crippen LogP contribution in [0.15, 0.2) is 54.6 Å². The third kappa shape index (κ3) is 4.64. The lowest BCUT2D eigenvalue weighted by molar-refractivity contribution is -0.384. The maximum Gasteiger partial charge on any atom is 0.317 e. The molecule has 1 unspecified atom stereocenters. The molecule has 2 aliphatic rings. The van der Waals surface area contributed by atoms with Crippen LogP contribution in [0.4, 0.5) is 21.9 Å². The fourth-order valence-electron chi connectivity index (χ4n) is 4.17. The number of nitro groups is 1. The van der Waals surface area contributed by atoms with Crippen molar-refractivity contribution in [1.82, 2.24) is 10.2 Å². The van der Waals surface area contributed by atoms with Crippen LogP contribution in [0, 0.1) is 16.0 Å². The van der Waals surface area contributed by atoms with Crippen LogP contribution >= 0.6 is 0 Å². The first-order chi connectivity index (χ1) is 14.6. The number of hydrogen-bond donors (Lipinski definition) is 1. The molecule has 8 nitrogen and oxygen atoms in total. The van der Waals surface area contributed by atoms with Crippen molar-refractivity contribution in [2.75, 3.05) is 55.6 Å². The summed E-state index contributed by atoms with van der Waals surface area (Å²) in [6.45, 7) is 5.42. The number of para-hydroxylation sites is 1. The second-order valence-electron chi connectivity index (χ2n) is 7.87. The average molecular weight is 409 g/mol. The molecule has 0 radical (unpaired) electrons. The summed E-state index contributed by atoms with van der Waals surface area (Å²) in [6.07, 6.45) is 1.09. The van der Waals surface area contributed by atoms with Gasteiger partial charge in [0, 0.05) is 69.3 Å². The molecule has 4 rings (SSSR count). The molecule has 30 heavy (non-hydrogen) atoms. The van der Waals surface area contributed by atoms with Crippen molar-refractivity contribution < 1.29 is 9.72 Å². The molecule has 2 heterocycles. The lowest BCUT2D eigenvalue weighted by Crippen LogP contribution is -2.52. The van der Waals surface area contributed by atoms with Gasteiger partial charge in [-0.25, -0.2) is 4.79 Å². The standard InChI is InChI=1S/C22H27N5O3/c28-22(23-16-18-10-11-26(17-18)19-4-2-1-3-5-19)25-14-12-24(13-15-25)20-6-8-21(9-7-20)27(29)30/h1-9,18H,10-17H2,(H,23,28). The molecule has 8 heteroatoms. The van der Waals surface area contributed by atoms with Gasteiger partial charge in [-0.05, 0) is 36.6 Å². The van der Waals surface area contributed by atoms with E-state index in [1.165, 1.54) is 17.8 Å². The van der Waals surface area contributed by atoms with Gasteiger partial charge in [-0.1, -0.05) is 18.2 Å². The van der Waals surface area contributed by atoms with Crippen LogP contribution in [0.3, 0.4) is 0 Å². The fourth-order valence-corrected chi connectivity index (χ4v) is 4.17. The minimum atomic E-state index is -0.393. The topological polar surface area (TPSA) is 82.0 Å². The Kier molecular flexibility index (Phi) is 6.02. The molecule has 1 atom stereocenters. The summed E-state index contributed by atoms with van der Waals surface area (Å²) in [5.41, 5.74) is 2.29. The number of nitrogens with zero attached hydrogens (tertiary/aromatic N) is 4. The molecule has 0 aliphatic carbocycles. The van der Waals surface area contributed by atoms with E-state index in [1.807, 2.05) is 11.0 Å². The van der Waals surface area contributed by atoms with Crippen LogP contribution in [0.1, 0.15) is 6.42 Å². The van der Waals surface area contributed by atoms with Crippen LogP contribution in [0.2, 0.25) is 0 Å². The van der Waals surface area contributed by atoms with Gasteiger partial charge < -0.3 is 20.0 Å². The van der Waals surface area contributed by atoms with E-state index in [1.54, 1.807) is 12.1 Å². The summed E-state index contributed by atoms with van der Waals surface area (Å²) >= 11 is 0. The minimum absolute atomic E-state index is 0.00323. The van der Waals surface area contributed by atoms with Gasteiger partial charge >= 0.3 is 6.03 Å². The van der Waals surface area contributed by atoms with Gasteiger partial charge in [0.15, 0.2) is 0 Å². The van der Waals surface area contributed by atoms with E-state index in [9.17, 15) is 14.9 Å². The zero-order valence-corrected chi connectivity index (χ0v) is 16.9. The SMILES string of the molecule is O=C(NCC1CCN(c2ccccc2)C1)N1CCN(c2ccc([N+](=O)[O-])cc2)CC1. The van der Waals surface area contributed by atoms with E-state index in [2.05, 4.69) is 39.4 Å². The molecule has 2 aromatic rings. The van der Waals surface area contributed by atoms with Gasteiger partial charge in [0.25, 0.3) is 5.69 Å². The van der Waals surface area contributed by atoms with E-state index in [0.717, 1.165) is 38.3 Å². The molecule has 2 saturated heterocycles. The van der Waals surface area contributed by atoms with E-state index in [-0.39, 0.29) is 11.7 Å². The highest BCUT2D eigenvalue weighted by atomic mass is 16.6. The van der Waals surface area contributed by atoms with Crippen molar-refractivity contribution in [3.63, 3.8) is 0 Å². The first-order valence-electron chi connectivity index (χ1n) is 10.4. The van der Waals surface area contributed by atoms with Gasteiger partial charge in [-0.15, -0.1) is 0 Å². The number of anilines is 2. The molecule has 0 aromatic heterocycles. The summed E-state index contributed by atoms with van der Waals surface area (Å²) in [6, 6.07) is 17.0. The van der Waals surface area contributed by atoms with Crippen LogP contribution in [0.25, 0.3) is 0 Å². The largest absolute Gasteiger partial charge is 0.371 e. The number of carbonyl (C=O) groups is 1. The smallest absolute Gasteiger partial charge is 0.317 e. The highest BCUT2D eigenvalue weighted by molar-refractivity contribution is 5.74. The van der Waals surface area contributed by atoms with Crippen LogP contribution in [0.5, 0.6) is 0 Å². The monoisotopic (exact) mass is 409 g/mol. The van der Waals surface area contributed by atoms with Crippen molar-refractivity contribution in [1.29, 1.82) is 0 Å². The number of urea groups is 1. The van der Waals surface area contributed by atoms with E-state index in [0.29, 0.717) is 25.6 Å². The van der Waals surface area contributed by atoms with Crippen LogP contribution < -0.4 is 15.1 Å². The van der Waals surface area contributed by atoms with E-state index < -0.39 is 4.92 Å². The maximum absolute atomic E-state index is 12.6. The van der Waals surface area contributed by atoms with Crippen molar-refractivity contribution in [3.05, 3.63) is 64.7 Å². The second-order valence-corrected chi connectivity index (χ2v) is 7.87. The van der Waals surface area contributed by atoms with Gasteiger partial charge in [0.05, 0.1) is 4.92 Å². The maximum atomic E-state index is 12.6. The average Bonchev–Trinajstić information content (AvgIpc) is 3.27. The molecule has 158 valence electrons. The highest BCUT2D eigenvalue weighted by Crippen LogP contribution is 2.23. The van der Waals surface area contributed by atoms with Gasteiger partial charge in [0.1, 0.15) is 0 Å². The van der Waals surface area contributed by atoms with Gasteiger partial charge in [-0.3, -0.25) is 10.1 Å². The molecule has 1 N–H and O–H groups in total. The highest BCUT2D eigenvalue weighted by Gasteiger charge is 2.25. The molecule has 2 amide bonds. The number of non-ortho nitro benzene ring substituents is 1. The number of carbonyl (C=O) groups excluding carboxylic acids is 1. The molecule has 2 aliphatic heterocycles. The minimum Gasteiger partial charge on any atom is -0.371 e. The number of nitro benzene ring substituents is 1. The second kappa shape index (κ2) is 9.02. The summed E-state index contributed by atoms with van der Waals surface area (Å²) in [5.74, 6) is 0.468. The van der Waals surface area contributed by atoms with Crippen molar-refractivity contribution in [2.24, 2.45) is 5.92 Å². The van der Waals surface area contributed by atoms with Crippen LogP contribution in [-0.4, -0.2) is 61.7 Å². The zero-order chi connectivity index (χ0) is 20.9. The van der Waals surface area contributed by atoms with Gasteiger partial charge in [0.2, 0.25) is 0 Å². The quantitative estimate of drug-likeness (QED) is 0.607. The first kappa shape index (κ1) is 20.0. The molecule has 0 bridgehead atoms. The Bertz CT molecular complexity index is 866. The molecular formula is C22H27N5O3. The van der Waals surface area contributed by atoms with Crippen molar-refractivity contribution in [3.8, 4) is 0 Å². The molecular weight excluding hydrogens is 382 g/mol. The predicted octanol–water partition coefficient (Wildman–Crippen LogP) is 2.95. The van der Waals surface area contributed by atoms with Crippen molar-refractivity contribution in [2.45, 2.75) is 6.42 Å². The number of amides is 2. The normalized spacial score (nSPS) is 19.1. The summed E-state index contributed by atoms with van der Waals surface area (Å²) in [4.78, 5) is 29.4. The zero-order valence-electron chi connectivity index (χ0n) is 16.9. The first-order valence-corrected chi connectivity index (χ1v) is 10.4. The number of piperazine rings is 1. The van der Waals surface area contributed by atoms with Crippen LogP contribution in [-0.2, 0) is 0 Å². The number of hydrogen-bond acceptors (Lipinski definition) is 5. The lowest BCUT2D eigenvalue weighted by Gasteiger charge is -2.36. The molecule has 2 fully saturated rings. The van der Waals surface area contributed by atoms with E-state index in [4.69, 9.17) is 0 Å². The third-order valence-electron chi connectivity index (χ3n) is 5.94. The summed E-state index contributed by atoms with van der Waals surface area (Å²) < 4.78 is 0. The summed E-state index contributed by atoms with van der Waals surface area (Å²) in [5, 5.41) is 13.9. The van der Waals surface area contributed by atoms with E-state index >= 15 is 0 Å². The number of nitrogens with one attached hydrogen (secondary N) is 1. The predicted molar refractivity (Wildman–Crippen MR) is 117 cm³/mol. The fraction of sp³-hybridized carbons (Fsp3) is 0.409. The van der Waals surface area contributed by atoms with Crippen molar-refractivity contribution >= 4 is 23.1 Å². The number of rotatable bonds is 5. The van der Waals surface area contributed by atoms with Gasteiger partial charge in [-0.2, -0.15) is 0 Å². The molecule has 0 spiro atoms.